The van der Waals surface area contributed by atoms with Gasteiger partial charge in [0.25, 0.3) is 0 Å². The van der Waals surface area contributed by atoms with Gasteiger partial charge in [0.15, 0.2) is 0 Å². The Hall–Kier alpha value is -2.37. The smallest absolute Gasteiger partial charge is 0.319 e. The molecule has 2 rings (SSSR count). The van der Waals surface area contributed by atoms with E-state index in [1.54, 1.807) is 35.6 Å². The van der Waals surface area contributed by atoms with Crippen LogP contribution in [0, 0.1) is 0 Å². The lowest BCUT2D eigenvalue weighted by atomic mass is 10.4. The third kappa shape index (κ3) is 2.81. The maximum absolute atomic E-state index is 11.3. The van der Waals surface area contributed by atoms with Gasteiger partial charge in [-0.3, -0.25) is 4.57 Å². The highest BCUT2D eigenvalue weighted by molar-refractivity contribution is 5.88. The second kappa shape index (κ2) is 5.11. The Balaban J connectivity index is 2.06. The summed E-state index contributed by atoms with van der Waals surface area (Å²) in [5, 5.41) is 5.32. The number of aromatic nitrogens is 3. The summed E-state index contributed by atoms with van der Waals surface area (Å²) in [5.74, 6) is 0.754. The summed E-state index contributed by atoms with van der Waals surface area (Å²) in [6, 6.07) is 3.37. The van der Waals surface area contributed by atoms with Crippen molar-refractivity contribution < 1.29 is 4.79 Å². The van der Waals surface area contributed by atoms with Crippen LogP contribution in [0.5, 0.6) is 0 Å². The number of anilines is 1. The van der Waals surface area contributed by atoms with Crippen LogP contribution in [0.3, 0.4) is 0 Å². The molecule has 0 bridgehead atoms. The Morgan fingerprint density at radius 1 is 1.47 bits per heavy atom. The molecule has 0 saturated carbocycles. The van der Waals surface area contributed by atoms with Crippen molar-refractivity contribution in [2.75, 3.05) is 11.9 Å². The fourth-order valence-corrected chi connectivity index (χ4v) is 1.34. The number of amides is 2. The Morgan fingerprint density at radius 3 is 2.94 bits per heavy atom. The number of pyridine rings is 1. The number of hydrogen-bond donors (Lipinski definition) is 2. The molecule has 88 valence electrons. The molecule has 2 amide bonds. The normalized spacial score (nSPS) is 9.94. The van der Waals surface area contributed by atoms with Crippen LogP contribution in [-0.4, -0.2) is 27.1 Å². The molecule has 0 saturated heterocycles. The SMILES string of the molecule is CCNC(=O)Nc1ccc(-n2ccnc2)nc1. The first-order chi connectivity index (χ1) is 8.29. The van der Waals surface area contributed by atoms with Crippen molar-refractivity contribution in [3.05, 3.63) is 37.1 Å². The fraction of sp³-hybridized carbons (Fsp3) is 0.182. The highest BCUT2D eigenvalue weighted by Gasteiger charge is 2.01. The number of hydrogen-bond acceptors (Lipinski definition) is 3. The molecule has 0 aliphatic rings. The average molecular weight is 231 g/mol. The number of imidazole rings is 1. The zero-order valence-electron chi connectivity index (χ0n) is 9.42. The van der Waals surface area contributed by atoms with Gasteiger partial charge in [-0.1, -0.05) is 0 Å². The molecular weight excluding hydrogens is 218 g/mol. The molecular formula is C11H13N5O. The number of urea groups is 1. The zero-order chi connectivity index (χ0) is 12.1. The van der Waals surface area contributed by atoms with Crippen molar-refractivity contribution in [2.45, 2.75) is 6.92 Å². The van der Waals surface area contributed by atoms with Gasteiger partial charge in [-0.15, -0.1) is 0 Å². The molecule has 0 aromatic carbocycles. The van der Waals surface area contributed by atoms with E-state index in [0.717, 1.165) is 5.82 Å². The third-order valence-corrected chi connectivity index (χ3v) is 2.11. The molecule has 0 fully saturated rings. The highest BCUT2D eigenvalue weighted by Crippen LogP contribution is 2.09. The van der Waals surface area contributed by atoms with E-state index < -0.39 is 0 Å². The monoisotopic (exact) mass is 231 g/mol. The first-order valence-corrected chi connectivity index (χ1v) is 5.29. The maximum atomic E-state index is 11.3. The van der Waals surface area contributed by atoms with Gasteiger partial charge in [-0.25, -0.2) is 14.8 Å². The van der Waals surface area contributed by atoms with E-state index in [2.05, 4.69) is 20.6 Å². The van der Waals surface area contributed by atoms with Gasteiger partial charge in [0.05, 0.1) is 11.9 Å². The van der Waals surface area contributed by atoms with Crippen LogP contribution >= 0.6 is 0 Å². The van der Waals surface area contributed by atoms with Crippen molar-refractivity contribution >= 4 is 11.7 Å². The lowest BCUT2D eigenvalue weighted by molar-refractivity contribution is 0.252. The van der Waals surface area contributed by atoms with Crippen molar-refractivity contribution in [1.29, 1.82) is 0 Å². The molecule has 0 atom stereocenters. The minimum Gasteiger partial charge on any atom is -0.338 e. The van der Waals surface area contributed by atoms with Crippen LogP contribution < -0.4 is 10.6 Å². The Labute approximate surface area is 98.7 Å². The van der Waals surface area contributed by atoms with Crippen molar-refractivity contribution in [3.8, 4) is 5.82 Å². The summed E-state index contributed by atoms with van der Waals surface area (Å²) in [7, 11) is 0. The van der Waals surface area contributed by atoms with Gasteiger partial charge in [0.1, 0.15) is 12.1 Å². The van der Waals surface area contributed by atoms with Crippen LogP contribution in [0.4, 0.5) is 10.5 Å². The van der Waals surface area contributed by atoms with Crippen molar-refractivity contribution in [3.63, 3.8) is 0 Å². The number of nitrogens with one attached hydrogen (secondary N) is 2. The van der Waals surface area contributed by atoms with Crippen molar-refractivity contribution in [1.82, 2.24) is 19.9 Å². The molecule has 0 spiro atoms. The standard InChI is InChI=1S/C11H13N5O/c1-2-13-11(17)15-9-3-4-10(14-7-9)16-6-5-12-8-16/h3-8H,2H2,1H3,(H2,13,15,17). The topological polar surface area (TPSA) is 71.8 Å². The Bertz CT molecular complexity index is 477. The molecule has 2 heterocycles. The van der Waals surface area contributed by atoms with E-state index in [4.69, 9.17) is 0 Å². The molecule has 2 aromatic heterocycles. The lowest BCUT2D eigenvalue weighted by Gasteiger charge is -2.06. The summed E-state index contributed by atoms with van der Waals surface area (Å²) < 4.78 is 1.79. The minimum absolute atomic E-state index is 0.232. The van der Waals surface area contributed by atoms with E-state index in [0.29, 0.717) is 12.2 Å². The summed E-state index contributed by atoms with van der Waals surface area (Å²) in [6.45, 7) is 2.45. The van der Waals surface area contributed by atoms with Crippen LogP contribution in [0.25, 0.3) is 5.82 Å². The minimum atomic E-state index is -0.232. The van der Waals surface area contributed by atoms with Gasteiger partial charge < -0.3 is 10.6 Å². The Morgan fingerprint density at radius 2 is 2.35 bits per heavy atom. The number of nitrogens with zero attached hydrogens (tertiary/aromatic N) is 3. The highest BCUT2D eigenvalue weighted by atomic mass is 16.2. The molecule has 2 aromatic rings. The summed E-state index contributed by atoms with van der Waals surface area (Å²) >= 11 is 0. The summed E-state index contributed by atoms with van der Waals surface area (Å²) in [4.78, 5) is 19.4. The van der Waals surface area contributed by atoms with E-state index in [-0.39, 0.29) is 6.03 Å². The first kappa shape index (κ1) is 11.1. The predicted octanol–water partition coefficient (Wildman–Crippen LogP) is 1.41. The first-order valence-electron chi connectivity index (χ1n) is 5.29. The molecule has 0 unspecified atom stereocenters. The van der Waals surface area contributed by atoms with E-state index in [1.807, 2.05) is 13.0 Å². The molecule has 6 heteroatoms. The van der Waals surface area contributed by atoms with E-state index >= 15 is 0 Å². The molecule has 0 radical (unpaired) electrons. The molecule has 2 N–H and O–H groups in total. The van der Waals surface area contributed by atoms with Crippen LogP contribution in [0.1, 0.15) is 6.92 Å². The molecule has 17 heavy (non-hydrogen) atoms. The quantitative estimate of drug-likeness (QED) is 0.838. The fourth-order valence-electron chi connectivity index (χ4n) is 1.34. The van der Waals surface area contributed by atoms with Gasteiger partial charge in [-0.2, -0.15) is 0 Å². The molecule has 6 nitrogen and oxygen atoms in total. The van der Waals surface area contributed by atoms with E-state index in [9.17, 15) is 4.79 Å². The summed E-state index contributed by atoms with van der Waals surface area (Å²) in [5.41, 5.74) is 0.653. The van der Waals surface area contributed by atoms with Crippen LogP contribution in [-0.2, 0) is 0 Å². The van der Waals surface area contributed by atoms with Crippen LogP contribution in [0.15, 0.2) is 37.1 Å². The van der Waals surface area contributed by atoms with Gasteiger partial charge in [-0.05, 0) is 19.1 Å². The van der Waals surface area contributed by atoms with Gasteiger partial charge in [0, 0.05) is 18.9 Å². The maximum Gasteiger partial charge on any atom is 0.319 e. The Kier molecular flexibility index (Phi) is 3.34. The van der Waals surface area contributed by atoms with Gasteiger partial charge in [0.2, 0.25) is 0 Å². The van der Waals surface area contributed by atoms with Crippen LogP contribution in [0.2, 0.25) is 0 Å². The number of carbonyl (C=O) groups is 1. The largest absolute Gasteiger partial charge is 0.338 e. The second-order valence-corrected chi connectivity index (χ2v) is 3.36. The zero-order valence-corrected chi connectivity index (χ0v) is 9.42. The number of rotatable bonds is 3. The van der Waals surface area contributed by atoms with Crippen molar-refractivity contribution in [2.24, 2.45) is 0 Å². The molecule has 0 aliphatic heterocycles. The van der Waals surface area contributed by atoms with E-state index in [1.165, 1.54) is 0 Å². The average Bonchev–Trinajstić information content (AvgIpc) is 2.84. The second-order valence-electron chi connectivity index (χ2n) is 3.36. The number of carbonyl (C=O) groups excluding carboxylic acids is 1. The summed E-state index contributed by atoms with van der Waals surface area (Å²) in [6.07, 6.45) is 6.76. The van der Waals surface area contributed by atoms with Gasteiger partial charge >= 0.3 is 6.03 Å². The lowest BCUT2D eigenvalue weighted by Crippen LogP contribution is -2.28. The third-order valence-electron chi connectivity index (χ3n) is 2.11. The molecule has 0 aliphatic carbocycles. The predicted molar refractivity (Wildman–Crippen MR) is 64.1 cm³/mol.